The van der Waals surface area contributed by atoms with Gasteiger partial charge in [0.25, 0.3) is 0 Å². The third-order valence-corrected chi connectivity index (χ3v) is 5.06. The summed E-state index contributed by atoms with van der Waals surface area (Å²) in [5.74, 6) is 3.06. The number of rotatable bonds is 5. The van der Waals surface area contributed by atoms with Gasteiger partial charge in [0.15, 0.2) is 0 Å². The number of hydrogen-bond donors (Lipinski definition) is 0. The molecular formula is C15H19NO3S. The maximum absolute atomic E-state index is 12.1. The fraction of sp³-hybridized carbons (Fsp3) is 0.533. The highest BCUT2D eigenvalue weighted by molar-refractivity contribution is 8.00. The first-order chi connectivity index (χ1) is 9.72. The van der Waals surface area contributed by atoms with Gasteiger partial charge in [-0.2, -0.15) is 0 Å². The molecule has 0 N–H and O–H groups in total. The molecule has 5 heteroatoms. The highest BCUT2D eigenvalue weighted by atomic mass is 32.2. The van der Waals surface area contributed by atoms with Crippen LogP contribution in [0.5, 0.6) is 11.5 Å². The summed E-state index contributed by atoms with van der Waals surface area (Å²) in [5.41, 5.74) is 1.06. The molecule has 0 spiro atoms. The van der Waals surface area contributed by atoms with E-state index in [-0.39, 0.29) is 11.3 Å². The van der Waals surface area contributed by atoms with Crippen LogP contribution in [0.1, 0.15) is 23.8 Å². The van der Waals surface area contributed by atoms with Crippen molar-refractivity contribution in [1.29, 1.82) is 0 Å². The molecule has 1 aliphatic heterocycles. The van der Waals surface area contributed by atoms with Gasteiger partial charge in [0.2, 0.25) is 5.91 Å². The molecule has 1 atom stereocenters. The number of carbonyl (C=O) groups excluding carboxylic acids is 1. The smallest absolute Gasteiger partial charge is 0.233 e. The first-order valence-electron chi connectivity index (χ1n) is 6.86. The second-order valence-electron chi connectivity index (χ2n) is 5.26. The fourth-order valence-corrected chi connectivity index (χ4v) is 3.73. The minimum absolute atomic E-state index is 0.0731. The lowest BCUT2D eigenvalue weighted by atomic mass is 10.1. The summed E-state index contributed by atoms with van der Waals surface area (Å²) < 4.78 is 10.7. The Morgan fingerprint density at radius 3 is 2.75 bits per heavy atom. The number of benzene rings is 1. The topological polar surface area (TPSA) is 38.8 Å². The molecule has 2 fully saturated rings. The average molecular weight is 293 g/mol. The lowest BCUT2D eigenvalue weighted by Crippen LogP contribution is -2.30. The van der Waals surface area contributed by atoms with Crippen molar-refractivity contribution in [3.8, 4) is 11.5 Å². The van der Waals surface area contributed by atoms with Crippen molar-refractivity contribution >= 4 is 17.7 Å². The molecule has 1 aromatic carbocycles. The summed E-state index contributed by atoms with van der Waals surface area (Å²) in [6.45, 7) is 0.881. The van der Waals surface area contributed by atoms with Crippen LogP contribution >= 0.6 is 11.8 Å². The Morgan fingerprint density at radius 1 is 1.30 bits per heavy atom. The molecule has 1 aliphatic carbocycles. The molecule has 1 heterocycles. The van der Waals surface area contributed by atoms with E-state index in [4.69, 9.17) is 9.47 Å². The summed E-state index contributed by atoms with van der Waals surface area (Å²) in [5, 5.41) is 0.0731. The van der Waals surface area contributed by atoms with Crippen LogP contribution in [0.3, 0.4) is 0 Å². The van der Waals surface area contributed by atoms with Gasteiger partial charge in [-0.15, -0.1) is 11.8 Å². The van der Waals surface area contributed by atoms with E-state index in [0.29, 0.717) is 11.7 Å². The third-order valence-electron chi connectivity index (χ3n) is 3.83. The highest BCUT2D eigenvalue weighted by Gasteiger charge is 2.37. The van der Waals surface area contributed by atoms with Crippen molar-refractivity contribution in [2.45, 2.75) is 18.2 Å². The summed E-state index contributed by atoms with van der Waals surface area (Å²) in [7, 11) is 3.30. The van der Waals surface area contributed by atoms with Crippen LogP contribution in [0.4, 0.5) is 0 Å². The molecule has 1 amide bonds. The first kappa shape index (κ1) is 13.6. The van der Waals surface area contributed by atoms with E-state index in [1.807, 2.05) is 23.1 Å². The first-order valence-corrected chi connectivity index (χ1v) is 7.91. The van der Waals surface area contributed by atoms with Crippen molar-refractivity contribution in [1.82, 2.24) is 4.90 Å². The second-order valence-corrected chi connectivity index (χ2v) is 6.33. The number of carbonyl (C=O) groups is 1. The van der Waals surface area contributed by atoms with Crippen LogP contribution in [-0.2, 0) is 4.79 Å². The van der Waals surface area contributed by atoms with E-state index in [1.165, 1.54) is 12.8 Å². The van der Waals surface area contributed by atoms with Crippen LogP contribution < -0.4 is 9.47 Å². The van der Waals surface area contributed by atoms with Gasteiger partial charge < -0.3 is 14.4 Å². The molecule has 108 valence electrons. The van der Waals surface area contributed by atoms with Gasteiger partial charge in [-0.25, -0.2) is 0 Å². The van der Waals surface area contributed by atoms with Gasteiger partial charge in [-0.1, -0.05) is 0 Å². The predicted octanol–water partition coefficient (Wildman–Crippen LogP) is 2.69. The summed E-state index contributed by atoms with van der Waals surface area (Å²) >= 11 is 1.68. The van der Waals surface area contributed by atoms with Crippen molar-refractivity contribution in [3.05, 3.63) is 23.8 Å². The lowest BCUT2D eigenvalue weighted by Gasteiger charge is -2.25. The van der Waals surface area contributed by atoms with Gasteiger partial charge in [0, 0.05) is 18.2 Å². The number of thioether (sulfide) groups is 1. The Labute approximate surface area is 123 Å². The zero-order valence-electron chi connectivity index (χ0n) is 11.8. The molecule has 0 radical (unpaired) electrons. The van der Waals surface area contributed by atoms with E-state index in [2.05, 4.69) is 0 Å². The van der Waals surface area contributed by atoms with E-state index in [1.54, 1.807) is 26.0 Å². The van der Waals surface area contributed by atoms with Crippen LogP contribution in [-0.4, -0.2) is 37.3 Å². The Hall–Kier alpha value is -1.36. The molecule has 3 rings (SSSR count). The van der Waals surface area contributed by atoms with Crippen LogP contribution in [0, 0.1) is 5.92 Å². The van der Waals surface area contributed by atoms with Crippen molar-refractivity contribution in [2.75, 3.05) is 26.5 Å². The van der Waals surface area contributed by atoms with E-state index < -0.39 is 0 Å². The summed E-state index contributed by atoms with van der Waals surface area (Å²) in [6.07, 6.45) is 2.50. The molecule has 2 aliphatic rings. The largest absolute Gasteiger partial charge is 0.497 e. The quantitative estimate of drug-likeness (QED) is 0.836. The molecule has 20 heavy (non-hydrogen) atoms. The maximum atomic E-state index is 12.1. The number of ether oxygens (including phenoxy) is 2. The average Bonchev–Trinajstić information content (AvgIpc) is 3.23. The van der Waals surface area contributed by atoms with E-state index >= 15 is 0 Å². The molecule has 0 aromatic heterocycles. The standard InChI is InChI=1S/C15H19NO3S/c1-18-11-5-6-12(13(7-11)19-2)15-16(8-10-3-4-10)14(17)9-20-15/h5-7,10,15H,3-4,8-9H2,1-2H3. The number of methoxy groups -OCH3 is 2. The van der Waals surface area contributed by atoms with Gasteiger partial charge in [-0.3, -0.25) is 4.79 Å². The Kier molecular flexibility index (Phi) is 3.78. The second kappa shape index (κ2) is 5.56. The molecule has 1 aromatic rings. The molecular weight excluding hydrogens is 274 g/mol. The minimum atomic E-state index is 0.0731. The van der Waals surface area contributed by atoms with Crippen molar-refractivity contribution in [3.63, 3.8) is 0 Å². The molecule has 1 saturated carbocycles. The monoisotopic (exact) mass is 293 g/mol. The van der Waals surface area contributed by atoms with Crippen molar-refractivity contribution in [2.24, 2.45) is 5.92 Å². The van der Waals surface area contributed by atoms with Gasteiger partial charge in [0.05, 0.1) is 20.0 Å². The van der Waals surface area contributed by atoms with Crippen LogP contribution in [0.25, 0.3) is 0 Å². The van der Waals surface area contributed by atoms with E-state index in [9.17, 15) is 4.79 Å². The maximum Gasteiger partial charge on any atom is 0.233 e. The molecule has 1 saturated heterocycles. The van der Waals surface area contributed by atoms with Crippen LogP contribution in [0.15, 0.2) is 18.2 Å². The third kappa shape index (κ3) is 2.59. The number of hydrogen-bond acceptors (Lipinski definition) is 4. The van der Waals surface area contributed by atoms with Gasteiger partial charge in [0.1, 0.15) is 16.9 Å². The van der Waals surface area contributed by atoms with Crippen LogP contribution in [0.2, 0.25) is 0 Å². The minimum Gasteiger partial charge on any atom is -0.497 e. The molecule has 0 bridgehead atoms. The molecule has 4 nitrogen and oxygen atoms in total. The lowest BCUT2D eigenvalue weighted by molar-refractivity contribution is -0.128. The molecule has 1 unspecified atom stereocenters. The number of nitrogens with zero attached hydrogens (tertiary/aromatic N) is 1. The highest BCUT2D eigenvalue weighted by Crippen LogP contribution is 2.45. The SMILES string of the molecule is COc1ccc(C2SCC(=O)N2CC2CC2)c(OC)c1. The zero-order valence-corrected chi connectivity index (χ0v) is 12.6. The zero-order chi connectivity index (χ0) is 14.1. The fourth-order valence-electron chi connectivity index (χ4n) is 2.51. The normalized spacial score (nSPS) is 22.2. The summed E-state index contributed by atoms with van der Waals surface area (Å²) in [6, 6.07) is 5.82. The Morgan fingerprint density at radius 2 is 2.10 bits per heavy atom. The van der Waals surface area contributed by atoms with Gasteiger partial charge in [-0.05, 0) is 30.9 Å². The van der Waals surface area contributed by atoms with E-state index in [0.717, 1.165) is 23.6 Å². The Bertz CT molecular complexity index is 516. The Balaban J connectivity index is 1.88. The predicted molar refractivity (Wildman–Crippen MR) is 79.2 cm³/mol. The number of amides is 1. The summed E-state index contributed by atoms with van der Waals surface area (Å²) in [4.78, 5) is 14.1. The van der Waals surface area contributed by atoms with Gasteiger partial charge >= 0.3 is 0 Å². The van der Waals surface area contributed by atoms with Crippen molar-refractivity contribution < 1.29 is 14.3 Å².